The average molecular weight is 572 g/mol. The third kappa shape index (κ3) is 9.37. The first kappa shape index (κ1) is 30.1. The van der Waals surface area contributed by atoms with E-state index in [4.69, 9.17) is 23.2 Å². The van der Waals surface area contributed by atoms with Crippen LogP contribution in [0.15, 0.2) is 66.7 Å². The number of carbonyl (C=O) groups excluding carboxylic acids is 2. The van der Waals surface area contributed by atoms with E-state index in [1.54, 1.807) is 28.8 Å². The summed E-state index contributed by atoms with van der Waals surface area (Å²) < 4.78 is 0. The first-order chi connectivity index (χ1) is 18.1. The van der Waals surface area contributed by atoms with Crippen molar-refractivity contribution < 1.29 is 9.59 Å². The van der Waals surface area contributed by atoms with Crippen molar-refractivity contribution in [2.24, 2.45) is 5.92 Å². The van der Waals surface area contributed by atoms with Crippen molar-refractivity contribution in [1.29, 1.82) is 0 Å². The van der Waals surface area contributed by atoms with E-state index in [2.05, 4.69) is 37.4 Å². The van der Waals surface area contributed by atoms with Gasteiger partial charge in [0.1, 0.15) is 6.04 Å². The van der Waals surface area contributed by atoms with Crippen molar-refractivity contribution in [3.8, 4) is 0 Å². The summed E-state index contributed by atoms with van der Waals surface area (Å²) in [5, 5.41) is 4.04. The number of thioether (sulfide) groups is 1. The molecule has 3 aromatic rings. The Morgan fingerprint density at radius 2 is 1.61 bits per heavy atom. The van der Waals surface area contributed by atoms with E-state index in [0.29, 0.717) is 34.7 Å². The molecule has 38 heavy (non-hydrogen) atoms. The van der Waals surface area contributed by atoms with Gasteiger partial charge in [-0.2, -0.15) is 0 Å². The smallest absolute Gasteiger partial charge is 0.243 e. The topological polar surface area (TPSA) is 49.4 Å². The molecular weight excluding hydrogens is 535 g/mol. The molecule has 0 radical (unpaired) electrons. The first-order valence-electron chi connectivity index (χ1n) is 12.8. The monoisotopic (exact) mass is 570 g/mol. The van der Waals surface area contributed by atoms with Crippen LogP contribution in [0.1, 0.15) is 41.7 Å². The van der Waals surface area contributed by atoms with Gasteiger partial charge >= 0.3 is 0 Å². The average Bonchev–Trinajstić information content (AvgIpc) is 2.85. The number of carbonyl (C=O) groups is 2. The lowest BCUT2D eigenvalue weighted by Crippen LogP contribution is -2.51. The van der Waals surface area contributed by atoms with Gasteiger partial charge in [-0.15, -0.1) is 11.8 Å². The van der Waals surface area contributed by atoms with E-state index in [9.17, 15) is 9.59 Å². The highest BCUT2D eigenvalue weighted by Crippen LogP contribution is 2.25. The number of hydrogen-bond donors (Lipinski definition) is 1. The Kier molecular flexibility index (Phi) is 11.6. The van der Waals surface area contributed by atoms with Crippen LogP contribution in [0.25, 0.3) is 0 Å². The van der Waals surface area contributed by atoms with Crippen LogP contribution in [0.2, 0.25) is 10.0 Å². The van der Waals surface area contributed by atoms with Crippen LogP contribution in [-0.2, 0) is 28.3 Å². The molecule has 0 heterocycles. The van der Waals surface area contributed by atoms with Gasteiger partial charge in [-0.05, 0) is 48.6 Å². The van der Waals surface area contributed by atoms with Gasteiger partial charge in [0.05, 0.1) is 5.75 Å². The normalized spacial score (nSPS) is 11.9. The van der Waals surface area contributed by atoms with E-state index >= 15 is 0 Å². The molecule has 1 unspecified atom stereocenters. The quantitative estimate of drug-likeness (QED) is 0.249. The zero-order valence-corrected chi connectivity index (χ0v) is 24.8. The van der Waals surface area contributed by atoms with E-state index in [1.165, 1.54) is 16.7 Å². The van der Waals surface area contributed by atoms with Gasteiger partial charge in [0, 0.05) is 35.3 Å². The van der Waals surface area contributed by atoms with E-state index in [1.807, 2.05) is 50.2 Å². The Morgan fingerprint density at radius 1 is 0.921 bits per heavy atom. The summed E-state index contributed by atoms with van der Waals surface area (Å²) in [4.78, 5) is 29.0. The van der Waals surface area contributed by atoms with E-state index in [-0.39, 0.29) is 24.1 Å². The Bertz CT molecular complexity index is 1210. The molecule has 0 aliphatic heterocycles. The van der Waals surface area contributed by atoms with Gasteiger partial charge in [-0.1, -0.05) is 103 Å². The van der Waals surface area contributed by atoms with Gasteiger partial charge in [-0.25, -0.2) is 0 Å². The molecule has 1 N–H and O–H groups in total. The van der Waals surface area contributed by atoms with Crippen molar-refractivity contribution in [3.63, 3.8) is 0 Å². The SMILES string of the molecule is Cc1cc(C)cc(CSCC(=O)N(Cc2ccc(Cl)cc2Cl)C(Cc2ccccc2)C(=O)NCC(C)C)c1. The second kappa shape index (κ2) is 14.6. The molecule has 0 saturated carbocycles. The van der Waals surface area contributed by atoms with Crippen LogP contribution in [-0.4, -0.2) is 35.1 Å². The lowest BCUT2D eigenvalue weighted by Gasteiger charge is -2.32. The summed E-state index contributed by atoms with van der Waals surface area (Å²) in [5.74, 6) is 0.985. The Balaban J connectivity index is 1.88. The minimum Gasteiger partial charge on any atom is -0.354 e. The minimum atomic E-state index is -0.683. The van der Waals surface area contributed by atoms with Crippen LogP contribution < -0.4 is 5.32 Å². The predicted molar refractivity (Wildman–Crippen MR) is 161 cm³/mol. The number of amides is 2. The fraction of sp³-hybridized carbons (Fsp3) is 0.355. The van der Waals surface area contributed by atoms with E-state index in [0.717, 1.165) is 11.1 Å². The minimum absolute atomic E-state index is 0.106. The first-order valence-corrected chi connectivity index (χ1v) is 14.7. The summed E-state index contributed by atoms with van der Waals surface area (Å²) in [7, 11) is 0. The maximum absolute atomic E-state index is 13.8. The third-order valence-electron chi connectivity index (χ3n) is 6.09. The van der Waals surface area contributed by atoms with Crippen molar-refractivity contribution in [2.45, 2.75) is 52.5 Å². The van der Waals surface area contributed by atoms with Crippen LogP contribution in [0.3, 0.4) is 0 Å². The lowest BCUT2D eigenvalue weighted by molar-refractivity contribution is -0.139. The van der Waals surface area contributed by atoms with Crippen molar-refractivity contribution in [1.82, 2.24) is 10.2 Å². The maximum Gasteiger partial charge on any atom is 0.243 e. The third-order valence-corrected chi connectivity index (χ3v) is 7.66. The highest BCUT2D eigenvalue weighted by atomic mass is 35.5. The molecule has 4 nitrogen and oxygen atoms in total. The molecule has 0 bridgehead atoms. The lowest BCUT2D eigenvalue weighted by atomic mass is 10.0. The van der Waals surface area contributed by atoms with Crippen molar-refractivity contribution >= 4 is 46.8 Å². The summed E-state index contributed by atoms with van der Waals surface area (Å²) in [6, 6.07) is 20.8. The van der Waals surface area contributed by atoms with Crippen LogP contribution in [0.5, 0.6) is 0 Å². The number of nitrogens with zero attached hydrogens (tertiary/aromatic N) is 1. The summed E-state index contributed by atoms with van der Waals surface area (Å²) >= 11 is 14.2. The van der Waals surface area contributed by atoms with Crippen LogP contribution >= 0.6 is 35.0 Å². The predicted octanol–water partition coefficient (Wildman–Crippen LogP) is 7.26. The molecule has 0 aromatic heterocycles. The molecule has 0 spiro atoms. The summed E-state index contributed by atoms with van der Waals surface area (Å²) in [6.45, 7) is 9.00. The molecule has 3 rings (SSSR count). The van der Waals surface area contributed by atoms with Crippen LogP contribution in [0, 0.1) is 19.8 Å². The molecule has 0 aliphatic rings. The standard InChI is InChI=1S/C31H36Cl2N2O2S/c1-21(2)17-34-31(37)29(15-24-8-6-5-7-9-24)35(18-26-10-11-27(32)16-28(26)33)30(36)20-38-19-25-13-22(3)12-23(4)14-25/h5-14,16,21,29H,15,17-20H2,1-4H3,(H,34,37). The molecule has 202 valence electrons. The molecule has 2 amide bonds. The molecule has 3 aromatic carbocycles. The van der Waals surface area contributed by atoms with Gasteiger partial charge in [-0.3, -0.25) is 9.59 Å². The Labute approximate surface area is 241 Å². The maximum atomic E-state index is 13.8. The highest BCUT2D eigenvalue weighted by molar-refractivity contribution is 7.99. The Morgan fingerprint density at radius 3 is 2.24 bits per heavy atom. The van der Waals surface area contributed by atoms with Gasteiger partial charge in [0.15, 0.2) is 0 Å². The summed E-state index contributed by atoms with van der Waals surface area (Å²) in [6.07, 6.45) is 0.406. The zero-order valence-electron chi connectivity index (χ0n) is 22.5. The number of hydrogen-bond acceptors (Lipinski definition) is 3. The fourth-order valence-electron chi connectivity index (χ4n) is 4.30. The van der Waals surface area contributed by atoms with Gasteiger partial charge in [0.2, 0.25) is 11.8 Å². The molecule has 0 saturated heterocycles. The van der Waals surface area contributed by atoms with Crippen LogP contribution in [0.4, 0.5) is 0 Å². The number of aryl methyl sites for hydroxylation is 2. The molecule has 0 aliphatic carbocycles. The largest absolute Gasteiger partial charge is 0.354 e. The highest BCUT2D eigenvalue weighted by Gasteiger charge is 2.30. The van der Waals surface area contributed by atoms with Crippen molar-refractivity contribution in [2.75, 3.05) is 12.3 Å². The second-order valence-corrected chi connectivity index (χ2v) is 11.9. The number of rotatable bonds is 12. The van der Waals surface area contributed by atoms with E-state index < -0.39 is 6.04 Å². The summed E-state index contributed by atoms with van der Waals surface area (Å²) in [5.41, 5.74) is 5.33. The molecule has 0 fully saturated rings. The van der Waals surface area contributed by atoms with Crippen molar-refractivity contribution in [3.05, 3.63) is 105 Å². The number of nitrogens with one attached hydrogen (secondary N) is 1. The molecule has 7 heteroatoms. The molecule has 1 atom stereocenters. The Hall–Kier alpha value is -2.47. The van der Waals surface area contributed by atoms with Gasteiger partial charge < -0.3 is 10.2 Å². The zero-order chi connectivity index (χ0) is 27.7. The number of halogens is 2. The fourth-order valence-corrected chi connectivity index (χ4v) is 5.61. The van der Waals surface area contributed by atoms with Gasteiger partial charge in [0.25, 0.3) is 0 Å². The molecular formula is C31H36Cl2N2O2S. The number of benzene rings is 3. The second-order valence-electron chi connectivity index (χ2n) is 10.1.